The molecular weight excluding hydrogens is 497 g/mol. The zero-order chi connectivity index (χ0) is 24.7. The molecule has 1 amide bonds. The van der Waals surface area contributed by atoms with E-state index in [1.165, 1.54) is 51.4 Å². The molecule has 0 bridgehead atoms. The molecule has 0 radical (unpaired) electrons. The van der Waals surface area contributed by atoms with Gasteiger partial charge in [-0.1, -0.05) is 124 Å². The summed E-state index contributed by atoms with van der Waals surface area (Å²) in [5.74, 6) is -0.163. The number of carbonyl (C=O) groups is 1. The molecule has 4 nitrogen and oxygen atoms in total. The summed E-state index contributed by atoms with van der Waals surface area (Å²) < 4.78 is -1.75. The standard InChI is InChI=1S/C25H40Cl3N3OS/c1-4-5-6-7-8-9-10-11-12-13-14-15-22(32)30-23(25(26,27)28)31-24(33)29-21-17-16-19(2)18-20(21)3/h16-18,23H,4-15H2,1-3H3,(H,30,32)(H2,29,31,33). The van der Waals surface area contributed by atoms with Gasteiger partial charge in [0.15, 0.2) is 5.11 Å². The van der Waals surface area contributed by atoms with Crippen LogP contribution < -0.4 is 16.0 Å². The largest absolute Gasteiger partial charge is 0.339 e. The summed E-state index contributed by atoms with van der Waals surface area (Å²) in [7, 11) is 0. The van der Waals surface area contributed by atoms with E-state index in [0.29, 0.717) is 6.42 Å². The van der Waals surface area contributed by atoms with Crippen molar-refractivity contribution in [2.45, 2.75) is 108 Å². The summed E-state index contributed by atoms with van der Waals surface area (Å²) in [6, 6.07) is 5.97. The maximum Gasteiger partial charge on any atom is 0.228 e. The molecule has 8 heteroatoms. The highest BCUT2D eigenvalue weighted by Crippen LogP contribution is 2.29. The van der Waals surface area contributed by atoms with Crippen molar-refractivity contribution in [1.82, 2.24) is 10.6 Å². The Morgan fingerprint density at radius 3 is 1.97 bits per heavy atom. The predicted molar refractivity (Wildman–Crippen MR) is 149 cm³/mol. The van der Waals surface area contributed by atoms with E-state index in [2.05, 4.69) is 22.9 Å². The zero-order valence-corrected chi connectivity index (χ0v) is 23.3. The van der Waals surface area contributed by atoms with Crippen LogP contribution in [0, 0.1) is 13.8 Å². The van der Waals surface area contributed by atoms with Gasteiger partial charge < -0.3 is 16.0 Å². The van der Waals surface area contributed by atoms with Crippen LogP contribution in [0.3, 0.4) is 0 Å². The highest BCUT2D eigenvalue weighted by molar-refractivity contribution is 7.80. The molecule has 0 fully saturated rings. The van der Waals surface area contributed by atoms with Crippen molar-refractivity contribution in [2.75, 3.05) is 5.32 Å². The Hall–Kier alpha value is -0.750. The molecule has 188 valence electrons. The van der Waals surface area contributed by atoms with Crippen molar-refractivity contribution in [2.24, 2.45) is 0 Å². The molecule has 1 rings (SSSR count). The zero-order valence-electron chi connectivity index (χ0n) is 20.2. The Kier molecular flexibility index (Phi) is 15.4. The number of alkyl halides is 3. The number of aryl methyl sites for hydroxylation is 2. The third-order valence-corrected chi connectivity index (χ3v) is 6.42. The number of rotatable bonds is 15. The first-order valence-electron chi connectivity index (χ1n) is 12.1. The van der Waals surface area contributed by atoms with Crippen molar-refractivity contribution in [3.63, 3.8) is 0 Å². The van der Waals surface area contributed by atoms with Crippen LogP contribution >= 0.6 is 47.0 Å². The van der Waals surface area contributed by atoms with Gasteiger partial charge in [-0.15, -0.1) is 0 Å². The van der Waals surface area contributed by atoms with Crippen molar-refractivity contribution in [1.29, 1.82) is 0 Å². The monoisotopic (exact) mass is 535 g/mol. The average Bonchev–Trinajstić information content (AvgIpc) is 2.73. The molecular formula is C25H40Cl3N3OS. The highest BCUT2D eigenvalue weighted by atomic mass is 35.6. The van der Waals surface area contributed by atoms with Crippen molar-refractivity contribution in [3.05, 3.63) is 29.3 Å². The van der Waals surface area contributed by atoms with Crippen molar-refractivity contribution in [3.8, 4) is 0 Å². The molecule has 0 heterocycles. The fourth-order valence-corrected chi connectivity index (χ4v) is 4.18. The molecule has 0 saturated carbocycles. The summed E-state index contributed by atoms with van der Waals surface area (Å²) in [5, 5.41) is 9.04. The van der Waals surface area contributed by atoms with Gasteiger partial charge >= 0.3 is 0 Å². The number of amides is 1. The van der Waals surface area contributed by atoms with E-state index >= 15 is 0 Å². The quantitative estimate of drug-likeness (QED) is 0.0917. The molecule has 1 atom stereocenters. The molecule has 0 aliphatic heterocycles. The normalized spacial score (nSPS) is 12.3. The first kappa shape index (κ1) is 30.3. The number of anilines is 1. The Morgan fingerprint density at radius 2 is 1.45 bits per heavy atom. The Bertz CT molecular complexity index is 725. The van der Waals surface area contributed by atoms with Gasteiger partial charge in [-0.2, -0.15) is 0 Å². The summed E-state index contributed by atoms with van der Waals surface area (Å²) in [4.78, 5) is 12.4. The van der Waals surface area contributed by atoms with Gasteiger partial charge in [0.1, 0.15) is 6.17 Å². The second-order valence-electron chi connectivity index (χ2n) is 8.74. The summed E-state index contributed by atoms with van der Waals surface area (Å²) in [6.07, 6.45) is 13.0. The maximum atomic E-state index is 12.4. The molecule has 1 unspecified atom stereocenters. The summed E-state index contributed by atoms with van der Waals surface area (Å²) in [5.41, 5.74) is 3.06. The minimum atomic E-state index is -1.75. The maximum absolute atomic E-state index is 12.4. The van der Waals surface area contributed by atoms with E-state index in [-0.39, 0.29) is 11.0 Å². The lowest BCUT2D eigenvalue weighted by molar-refractivity contribution is -0.122. The lowest BCUT2D eigenvalue weighted by Gasteiger charge is -2.28. The third kappa shape index (κ3) is 14.3. The highest BCUT2D eigenvalue weighted by Gasteiger charge is 2.34. The van der Waals surface area contributed by atoms with Crippen LogP contribution in [0.5, 0.6) is 0 Å². The molecule has 0 spiro atoms. The molecule has 0 saturated heterocycles. The predicted octanol–water partition coefficient (Wildman–Crippen LogP) is 8.10. The molecule has 0 aliphatic carbocycles. The first-order valence-corrected chi connectivity index (χ1v) is 13.7. The molecule has 3 N–H and O–H groups in total. The van der Waals surface area contributed by atoms with Crippen LogP contribution in [-0.4, -0.2) is 21.0 Å². The number of nitrogens with one attached hydrogen (secondary N) is 3. The Morgan fingerprint density at radius 1 is 0.909 bits per heavy atom. The number of thiocarbonyl (C=S) groups is 1. The van der Waals surface area contributed by atoms with E-state index < -0.39 is 9.96 Å². The fraction of sp³-hybridized carbons (Fsp3) is 0.680. The number of hydrogen-bond acceptors (Lipinski definition) is 2. The lowest BCUT2D eigenvalue weighted by atomic mass is 10.1. The molecule has 1 aromatic rings. The van der Waals surface area contributed by atoms with Crippen LogP contribution in [0.1, 0.15) is 95.1 Å². The van der Waals surface area contributed by atoms with Crippen LogP contribution in [0.25, 0.3) is 0 Å². The summed E-state index contributed by atoms with van der Waals surface area (Å²) in [6.45, 7) is 6.25. The van der Waals surface area contributed by atoms with Gasteiger partial charge in [0.05, 0.1) is 0 Å². The van der Waals surface area contributed by atoms with E-state index in [1.54, 1.807) is 0 Å². The van der Waals surface area contributed by atoms with Crippen molar-refractivity contribution >= 4 is 63.7 Å². The van der Waals surface area contributed by atoms with Gasteiger partial charge in [-0.3, -0.25) is 4.79 Å². The van der Waals surface area contributed by atoms with Gasteiger partial charge in [0.25, 0.3) is 0 Å². The molecule has 0 aliphatic rings. The Balaban J connectivity index is 2.30. The molecule has 0 aromatic heterocycles. The number of unbranched alkanes of at least 4 members (excludes halogenated alkanes) is 10. The van der Waals surface area contributed by atoms with Crippen LogP contribution in [-0.2, 0) is 4.79 Å². The van der Waals surface area contributed by atoms with E-state index in [9.17, 15) is 4.79 Å². The van der Waals surface area contributed by atoms with Gasteiger partial charge in [0, 0.05) is 12.1 Å². The fourth-order valence-electron chi connectivity index (χ4n) is 3.63. The molecule has 33 heavy (non-hydrogen) atoms. The molecule has 1 aromatic carbocycles. The topological polar surface area (TPSA) is 53.2 Å². The number of carbonyl (C=O) groups excluding carboxylic acids is 1. The second kappa shape index (κ2) is 16.8. The van der Waals surface area contributed by atoms with Gasteiger partial charge in [-0.05, 0) is 44.1 Å². The Labute approximate surface area is 220 Å². The number of halogens is 3. The van der Waals surface area contributed by atoms with Gasteiger partial charge in [-0.25, -0.2) is 0 Å². The minimum absolute atomic E-state index is 0.163. The minimum Gasteiger partial charge on any atom is -0.339 e. The number of benzene rings is 1. The number of hydrogen-bond donors (Lipinski definition) is 3. The lowest BCUT2D eigenvalue weighted by Crippen LogP contribution is -2.56. The van der Waals surface area contributed by atoms with E-state index in [1.807, 2.05) is 32.0 Å². The average molecular weight is 537 g/mol. The smallest absolute Gasteiger partial charge is 0.228 e. The first-order chi connectivity index (χ1) is 15.6. The van der Waals surface area contributed by atoms with Crippen molar-refractivity contribution < 1.29 is 4.79 Å². The van der Waals surface area contributed by atoms with Crippen LogP contribution in [0.15, 0.2) is 18.2 Å². The SMILES string of the molecule is CCCCCCCCCCCCCC(=O)NC(NC(=S)Nc1ccc(C)cc1C)C(Cl)(Cl)Cl. The van der Waals surface area contributed by atoms with E-state index in [0.717, 1.165) is 36.1 Å². The van der Waals surface area contributed by atoms with Crippen LogP contribution in [0.4, 0.5) is 5.69 Å². The van der Waals surface area contributed by atoms with E-state index in [4.69, 9.17) is 47.0 Å². The second-order valence-corrected chi connectivity index (χ2v) is 11.5. The van der Waals surface area contributed by atoms with Crippen LogP contribution in [0.2, 0.25) is 0 Å². The van der Waals surface area contributed by atoms with Gasteiger partial charge in [0.2, 0.25) is 9.70 Å². The third-order valence-electron chi connectivity index (χ3n) is 5.55. The summed E-state index contributed by atoms with van der Waals surface area (Å²) >= 11 is 23.6.